The second kappa shape index (κ2) is 10.9. The number of nitriles is 1. The lowest BCUT2D eigenvalue weighted by molar-refractivity contribution is -0.137. The first-order chi connectivity index (χ1) is 12.0. The molecule has 134 valence electrons. The van der Waals surface area contributed by atoms with Crippen LogP contribution in [0.2, 0.25) is 0 Å². The van der Waals surface area contributed by atoms with Crippen LogP contribution in [-0.2, 0) is 16.0 Å². The molecule has 0 aliphatic heterocycles. The molecule has 0 saturated heterocycles. The number of carbonyl (C=O) groups excluding carboxylic acids is 1. The molecular weight excluding hydrogens is 318 g/mol. The highest BCUT2D eigenvalue weighted by Gasteiger charge is 2.09. The predicted octanol–water partition coefficient (Wildman–Crippen LogP) is 3.14. The fraction of sp³-hybridized carbons (Fsp3) is 0.421. The van der Waals surface area contributed by atoms with Crippen molar-refractivity contribution < 1.29 is 14.7 Å². The van der Waals surface area contributed by atoms with Crippen molar-refractivity contribution in [1.82, 2.24) is 5.32 Å². The third-order valence-corrected chi connectivity index (χ3v) is 3.82. The van der Waals surface area contributed by atoms with Gasteiger partial charge in [-0.2, -0.15) is 5.26 Å². The molecule has 6 nitrogen and oxygen atoms in total. The zero-order valence-electron chi connectivity index (χ0n) is 14.8. The maximum Gasteiger partial charge on any atom is 0.303 e. The van der Waals surface area contributed by atoms with Crippen molar-refractivity contribution in [2.24, 2.45) is 0 Å². The van der Waals surface area contributed by atoms with Crippen molar-refractivity contribution >= 4 is 17.6 Å². The Morgan fingerprint density at radius 2 is 2.04 bits per heavy atom. The highest BCUT2D eigenvalue weighted by molar-refractivity contribution is 5.97. The number of aliphatic carboxylic acids is 1. The number of hydrogen-bond donors (Lipinski definition) is 3. The lowest BCUT2D eigenvalue weighted by Crippen LogP contribution is -2.26. The molecule has 0 saturated carbocycles. The first kappa shape index (κ1) is 20.2. The third-order valence-electron chi connectivity index (χ3n) is 3.82. The first-order valence-electron chi connectivity index (χ1n) is 8.44. The number of rotatable bonds is 10. The van der Waals surface area contributed by atoms with Crippen LogP contribution in [0.25, 0.3) is 0 Å². The molecule has 1 aromatic carbocycles. The molecule has 0 aromatic heterocycles. The van der Waals surface area contributed by atoms with Crippen LogP contribution in [-0.4, -0.2) is 23.5 Å². The summed E-state index contributed by atoms with van der Waals surface area (Å²) in [7, 11) is 0. The second-order valence-electron chi connectivity index (χ2n) is 5.74. The summed E-state index contributed by atoms with van der Waals surface area (Å²) in [6.07, 6.45) is 4.41. The zero-order chi connectivity index (χ0) is 18.7. The van der Waals surface area contributed by atoms with Crippen molar-refractivity contribution in [3.63, 3.8) is 0 Å². The molecule has 0 fully saturated rings. The van der Waals surface area contributed by atoms with E-state index in [1.807, 2.05) is 38.1 Å². The minimum atomic E-state index is -0.813. The average Bonchev–Trinajstić information content (AvgIpc) is 2.59. The van der Waals surface area contributed by atoms with Crippen molar-refractivity contribution in [2.75, 3.05) is 11.9 Å². The summed E-state index contributed by atoms with van der Waals surface area (Å²) in [4.78, 5) is 22.4. The summed E-state index contributed by atoms with van der Waals surface area (Å²) in [6.45, 7) is 4.44. The van der Waals surface area contributed by atoms with Crippen molar-refractivity contribution in [1.29, 1.82) is 5.26 Å². The number of unbranched alkanes of at least 4 members (excludes halogenated alkanes) is 2. The van der Waals surface area contributed by atoms with Crippen molar-refractivity contribution in [2.45, 2.75) is 46.0 Å². The SMILES string of the molecule is CCc1cccc(C)c1N/C=C(/C#N)C(=O)NCCCCCC(=O)O. The van der Waals surface area contributed by atoms with E-state index in [1.54, 1.807) is 0 Å². The Bertz CT molecular complexity index is 675. The van der Waals surface area contributed by atoms with E-state index in [0.717, 1.165) is 29.7 Å². The molecule has 3 N–H and O–H groups in total. The van der Waals surface area contributed by atoms with Gasteiger partial charge in [0.25, 0.3) is 5.91 Å². The van der Waals surface area contributed by atoms with Crippen molar-refractivity contribution in [3.8, 4) is 6.07 Å². The number of aryl methyl sites for hydroxylation is 2. The van der Waals surface area contributed by atoms with Crippen LogP contribution in [0.1, 0.15) is 43.7 Å². The van der Waals surface area contributed by atoms with Gasteiger partial charge in [-0.1, -0.05) is 31.5 Å². The second-order valence-corrected chi connectivity index (χ2v) is 5.74. The molecule has 0 aliphatic carbocycles. The van der Waals surface area contributed by atoms with Crippen molar-refractivity contribution in [3.05, 3.63) is 41.1 Å². The fourth-order valence-electron chi connectivity index (χ4n) is 2.40. The zero-order valence-corrected chi connectivity index (χ0v) is 14.8. The number of nitrogens with one attached hydrogen (secondary N) is 2. The maximum atomic E-state index is 12.0. The van der Waals surface area contributed by atoms with Crippen LogP contribution >= 0.6 is 0 Å². The Morgan fingerprint density at radius 1 is 1.28 bits per heavy atom. The smallest absolute Gasteiger partial charge is 0.303 e. The van der Waals surface area contributed by atoms with Gasteiger partial charge in [-0.15, -0.1) is 0 Å². The molecule has 25 heavy (non-hydrogen) atoms. The molecule has 0 aliphatic rings. The Kier molecular flexibility index (Phi) is 8.80. The van der Waals surface area contributed by atoms with Crippen LogP contribution in [0.3, 0.4) is 0 Å². The predicted molar refractivity (Wildman–Crippen MR) is 97.0 cm³/mol. The number of amides is 1. The van der Waals surface area contributed by atoms with Gasteiger partial charge in [-0.05, 0) is 37.3 Å². The molecule has 1 amide bonds. The van der Waals surface area contributed by atoms with E-state index < -0.39 is 11.9 Å². The molecule has 1 aromatic rings. The molecule has 0 unspecified atom stereocenters. The number of carboxylic acid groups (broad SMARTS) is 1. The molecular formula is C19H25N3O3. The Hall–Kier alpha value is -2.81. The van der Waals surface area contributed by atoms with E-state index in [9.17, 15) is 14.9 Å². The highest BCUT2D eigenvalue weighted by atomic mass is 16.4. The topological polar surface area (TPSA) is 102 Å². The van der Waals surface area contributed by atoms with Gasteiger partial charge in [-0.3, -0.25) is 9.59 Å². The molecule has 0 heterocycles. The van der Waals surface area contributed by atoms with E-state index >= 15 is 0 Å². The average molecular weight is 343 g/mol. The van der Waals surface area contributed by atoms with E-state index in [-0.39, 0.29) is 12.0 Å². The fourth-order valence-corrected chi connectivity index (χ4v) is 2.40. The van der Waals surface area contributed by atoms with Crippen LogP contribution < -0.4 is 10.6 Å². The Morgan fingerprint density at radius 3 is 2.68 bits per heavy atom. The summed E-state index contributed by atoms with van der Waals surface area (Å²) in [5.74, 6) is -1.24. The van der Waals surface area contributed by atoms with Gasteiger partial charge in [0, 0.05) is 24.9 Å². The molecule has 0 bridgehead atoms. The maximum absolute atomic E-state index is 12.0. The minimum Gasteiger partial charge on any atom is -0.481 e. The Balaban J connectivity index is 2.55. The molecule has 1 rings (SSSR count). The largest absolute Gasteiger partial charge is 0.481 e. The van der Waals surface area contributed by atoms with Gasteiger partial charge >= 0.3 is 5.97 Å². The summed E-state index contributed by atoms with van der Waals surface area (Å²) >= 11 is 0. The monoisotopic (exact) mass is 343 g/mol. The summed E-state index contributed by atoms with van der Waals surface area (Å²) in [5.41, 5.74) is 3.09. The minimum absolute atomic E-state index is 0.0100. The highest BCUT2D eigenvalue weighted by Crippen LogP contribution is 2.21. The van der Waals surface area contributed by atoms with E-state index in [0.29, 0.717) is 19.4 Å². The van der Waals surface area contributed by atoms with Gasteiger partial charge in [0.15, 0.2) is 0 Å². The quantitative estimate of drug-likeness (QED) is 0.344. The molecule has 0 radical (unpaired) electrons. The third kappa shape index (κ3) is 7.08. The molecule has 0 spiro atoms. The summed E-state index contributed by atoms with van der Waals surface area (Å²) in [5, 5.41) is 23.5. The van der Waals surface area contributed by atoms with Gasteiger partial charge < -0.3 is 15.7 Å². The normalized spacial score (nSPS) is 10.8. The van der Waals surface area contributed by atoms with Gasteiger partial charge in [0.1, 0.15) is 11.6 Å². The van der Waals surface area contributed by atoms with E-state index in [1.165, 1.54) is 6.20 Å². The Labute approximate surface area is 148 Å². The lowest BCUT2D eigenvalue weighted by Gasteiger charge is -2.11. The number of benzene rings is 1. The van der Waals surface area contributed by atoms with E-state index in [4.69, 9.17) is 5.11 Å². The molecule has 0 atom stereocenters. The first-order valence-corrected chi connectivity index (χ1v) is 8.44. The number of anilines is 1. The number of carboxylic acids is 1. The van der Waals surface area contributed by atoms with E-state index in [2.05, 4.69) is 10.6 Å². The number of nitrogens with zero attached hydrogens (tertiary/aromatic N) is 1. The molecule has 6 heteroatoms. The van der Waals surface area contributed by atoms with Gasteiger partial charge in [-0.25, -0.2) is 0 Å². The number of carbonyl (C=O) groups is 2. The van der Waals surface area contributed by atoms with Crippen LogP contribution in [0.5, 0.6) is 0 Å². The standard InChI is InChI=1S/C19H25N3O3/c1-3-15-9-7-8-14(2)18(15)22-13-16(12-20)19(25)21-11-6-4-5-10-17(23)24/h7-9,13,22H,3-6,10-11H2,1-2H3,(H,21,25)(H,23,24)/b16-13-. The van der Waals surface area contributed by atoms with Gasteiger partial charge in [0.05, 0.1) is 0 Å². The summed E-state index contributed by atoms with van der Waals surface area (Å²) < 4.78 is 0. The number of para-hydroxylation sites is 1. The van der Waals surface area contributed by atoms with Crippen LogP contribution in [0.4, 0.5) is 5.69 Å². The summed E-state index contributed by atoms with van der Waals surface area (Å²) in [6, 6.07) is 7.86. The number of hydrogen-bond acceptors (Lipinski definition) is 4. The van der Waals surface area contributed by atoms with Crippen LogP contribution in [0.15, 0.2) is 30.0 Å². The lowest BCUT2D eigenvalue weighted by atomic mass is 10.1. The van der Waals surface area contributed by atoms with Gasteiger partial charge in [0.2, 0.25) is 0 Å². The van der Waals surface area contributed by atoms with Crippen LogP contribution in [0, 0.1) is 18.3 Å².